The molecule has 1 heterocycles. The number of hydrogen-bond donors (Lipinski definition) is 2. The van der Waals surface area contributed by atoms with Crippen LogP contribution in [-0.4, -0.2) is 39.3 Å². The summed E-state index contributed by atoms with van der Waals surface area (Å²) in [5.74, 6) is 1.22. The van der Waals surface area contributed by atoms with Gasteiger partial charge in [0.05, 0.1) is 23.8 Å². The molecule has 0 saturated heterocycles. The molecular weight excluding hydrogens is 436 g/mol. The first-order valence-electron chi connectivity index (χ1n) is 10.3. The van der Waals surface area contributed by atoms with Crippen LogP contribution in [0.15, 0.2) is 46.2 Å². The van der Waals surface area contributed by atoms with Gasteiger partial charge in [0.2, 0.25) is 15.9 Å². The lowest BCUT2D eigenvalue weighted by Crippen LogP contribution is -2.26. The second-order valence-electron chi connectivity index (χ2n) is 7.13. The molecule has 0 bridgehead atoms. The SMILES string of the molecule is CCOc1ccc(CCNS(=O)(=O)c2ccc3c(c2)NC(=O)CC(C)S3)cc1OCC. The molecule has 31 heavy (non-hydrogen) atoms. The largest absolute Gasteiger partial charge is 0.490 e. The summed E-state index contributed by atoms with van der Waals surface area (Å²) in [4.78, 5) is 13.0. The Labute approximate surface area is 188 Å². The zero-order valence-corrected chi connectivity index (χ0v) is 19.6. The Hall–Kier alpha value is -2.23. The highest BCUT2D eigenvalue weighted by atomic mass is 32.2. The Bertz CT molecular complexity index is 1040. The monoisotopic (exact) mass is 464 g/mol. The van der Waals surface area contributed by atoms with Crippen LogP contribution >= 0.6 is 11.8 Å². The Morgan fingerprint density at radius 1 is 1.10 bits per heavy atom. The standard InChI is InChI=1S/C22H28N2O5S2/c1-4-28-19-8-6-16(13-20(19)29-5-2)10-11-23-31(26,27)17-7-9-21-18(14-17)24-22(25)12-15(3)30-21/h6-9,13-15,23H,4-5,10-12H2,1-3H3,(H,24,25). The molecule has 1 amide bonds. The van der Waals surface area contributed by atoms with E-state index in [4.69, 9.17) is 9.47 Å². The van der Waals surface area contributed by atoms with E-state index in [2.05, 4.69) is 10.0 Å². The molecule has 0 spiro atoms. The topological polar surface area (TPSA) is 93.7 Å². The first kappa shape index (κ1) is 23.4. The summed E-state index contributed by atoms with van der Waals surface area (Å²) in [6, 6.07) is 10.5. The molecular formula is C22H28N2O5S2. The van der Waals surface area contributed by atoms with E-state index < -0.39 is 10.0 Å². The second kappa shape index (κ2) is 10.4. The highest BCUT2D eigenvalue weighted by Gasteiger charge is 2.22. The summed E-state index contributed by atoms with van der Waals surface area (Å²) in [5.41, 5.74) is 1.48. The van der Waals surface area contributed by atoms with Crippen LogP contribution in [0.2, 0.25) is 0 Å². The van der Waals surface area contributed by atoms with Gasteiger partial charge in [0, 0.05) is 23.1 Å². The van der Waals surface area contributed by atoms with Gasteiger partial charge in [-0.1, -0.05) is 13.0 Å². The van der Waals surface area contributed by atoms with Gasteiger partial charge in [0.25, 0.3) is 0 Å². The number of carbonyl (C=O) groups excluding carboxylic acids is 1. The molecule has 0 aromatic heterocycles. The molecule has 1 aliphatic rings. The van der Waals surface area contributed by atoms with Gasteiger partial charge in [-0.05, 0) is 56.2 Å². The Morgan fingerprint density at radius 3 is 2.58 bits per heavy atom. The molecule has 2 aromatic rings. The zero-order valence-electron chi connectivity index (χ0n) is 17.9. The van der Waals surface area contributed by atoms with E-state index in [1.165, 1.54) is 6.07 Å². The van der Waals surface area contributed by atoms with Gasteiger partial charge < -0.3 is 14.8 Å². The van der Waals surface area contributed by atoms with Crippen LogP contribution in [-0.2, 0) is 21.2 Å². The maximum atomic E-state index is 12.8. The van der Waals surface area contributed by atoms with E-state index in [1.807, 2.05) is 39.0 Å². The van der Waals surface area contributed by atoms with Crippen molar-refractivity contribution in [3.8, 4) is 11.5 Å². The van der Waals surface area contributed by atoms with Gasteiger partial charge in [-0.2, -0.15) is 0 Å². The molecule has 1 unspecified atom stereocenters. The molecule has 2 N–H and O–H groups in total. The van der Waals surface area contributed by atoms with Gasteiger partial charge in [-0.3, -0.25) is 4.79 Å². The number of sulfonamides is 1. The van der Waals surface area contributed by atoms with Gasteiger partial charge in [0.15, 0.2) is 11.5 Å². The van der Waals surface area contributed by atoms with Gasteiger partial charge >= 0.3 is 0 Å². The lowest BCUT2D eigenvalue weighted by atomic mass is 10.1. The highest BCUT2D eigenvalue weighted by Crippen LogP contribution is 2.36. The molecule has 7 nitrogen and oxygen atoms in total. The smallest absolute Gasteiger partial charge is 0.240 e. The molecule has 2 aromatic carbocycles. The number of rotatable bonds is 9. The fraction of sp³-hybridized carbons (Fsp3) is 0.409. The molecule has 1 atom stereocenters. The van der Waals surface area contributed by atoms with Crippen LogP contribution in [0.5, 0.6) is 11.5 Å². The summed E-state index contributed by atoms with van der Waals surface area (Å²) in [7, 11) is -3.71. The third-order valence-electron chi connectivity index (χ3n) is 4.65. The number of fused-ring (bicyclic) bond motifs is 1. The van der Waals surface area contributed by atoms with Crippen LogP contribution in [0.4, 0.5) is 5.69 Å². The quantitative estimate of drug-likeness (QED) is 0.586. The van der Waals surface area contributed by atoms with E-state index in [1.54, 1.807) is 23.9 Å². The molecule has 0 radical (unpaired) electrons. The van der Waals surface area contributed by atoms with Crippen LogP contribution in [0.3, 0.4) is 0 Å². The van der Waals surface area contributed by atoms with Crippen LogP contribution < -0.4 is 19.5 Å². The number of nitrogens with one attached hydrogen (secondary N) is 2. The molecule has 168 valence electrons. The van der Waals surface area contributed by atoms with Crippen molar-refractivity contribution in [3.05, 3.63) is 42.0 Å². The Morgan fingerprint density at radius 2 is 1.84 bits per heavy atom. The van der Waals surface area contributed by atoms with Gasteiger partial charge in [-0.15, -0.1) is 11.8 Å². The summed E-state index contributed by atoms with van der Waals surface area (Å²) >= 11 is 1.56. The molecule has 0 aliphatic carbocycles. The third kappa shape index (κ3) is 6.15. The first-order chi connectivity index (χ1) is 14.8. The molecule has 0 saturated carbocycles. The first-order valence-corrected chi connectivity index (χ1v) is 12.7. The fourth-order valence-corrected chi connectivity index (χ4v) is 5.37. The fourth-order valence-electron chi connectivity index (χ4n) is 3.26. The highest BCUT2D eigenvalue weighted by molar-refractivity contribution is 8.00. The lowest BCUT2D eigenvalue weighted by Gasteiger charge is -2.13. The number of ether oxygens (including phenoxy) is 2. The number of benzene rings is 2. The minimum atomic E-state index is -3.71. The summed E-state index contributed by atoms with van der Waals surface area (Å²) in [6.07, 6.45) is 0.895. The molecule has 9 heteroatoms. The number of carbonyl (C=O) groups is 1. The summed E-state index contributed by atoms with van der Waals surface area (Å²) in [6.45, 7) is 7.07. The van der Waals surface area contributed by atoms with E-state index in [9.17, 15) is 13.2 Å². The number of hydrogen-bond acceptors (Lipinski definition) is 6. The predicted molar refractivity (Wildman–Crippen MR) is 123 cm³/mol. The second-order valence-corrected chi connectivity index (χ2v) is 10.4. The summed E-state index contributed by atoms with van der Waals surface area (Å²) < 4.78 is 39.4. The predicted octanol–water partition coefficient (Wildman–Crippen LogP) is 3.83. The van der Waals surface area contributed by atoms with E-state index in [-0.39, 0.29) is 22.6 Å². The lowest BCUT2D eigenvalue weighted by molar-refractivity contribution is -0.116. The van der Waals surface area contributed by atoms with Gasteiger partial charge in [0.1, 0.15) is 0 Å². The van der Waals surface area contributed by atoms with Gasteiger partial charge in [-0.25, -0.2) is 13.1 Å². The van der Waals surface area contributed by atoms with E-state index in [0.717, 1.165) is 10.5 Å². The van der Waals surface area contributed by atoms with Crippen LogP contribution in [0.25, 0.3) is 0 Å². The molecule has 1 aliphatic heterocycles. The third-order valence-corrected chi connectivity index (χ3v) is 7.29. The number of anilines is 1. The van der Waals surface area contributed by atoms with Crippen molar-refractivity contribution in [3.63, 3.8) is 0 Å². The van der Waals surface area contributed by atoms with Crippen LogP contribution in [0, 0.1) is 0 Å². The average molecular weight is 465 g/mol. The van der Waals surface area contributed by atoms with Crippen LogP contribution in [0.1, 0.15) is 32.8 Å². The van der Waals surface area contributed by atoms with Crippen molar-refractivity contribution in [1.29, 1.82) is 0 Å². The van der Waals surface area contributed by atoms with Crippen molar-refractivity contribution in [2.75, 3.05) is 25.1 Å². The van der Waals surface area contributed by atoms with Crippen molar-refractivity contribution in [2.45, 2.75) is 48.7 Å². The summed E-state index contributed by atoms with van der Waals surface area (Å²) in [5, 5.41) is 2.94. The van der Waals surface area contributed by atoms with Crippen molar-refractivity contribution >= 4 is 33.4 Å². The Balaban J connectivity index is 1.68. The maximum Gasteiger partial charge on any atom is 0.240 e. The normalized spacial score (nSPS) is 16.2. The van der Waals surface area contributed by atoms with Crippen molar-refractivity contribution < 1.29 is 22.7 Å². The maximum absolute atomic E-state index is 12.8. The molecule has 3 rings (SSSR count). The van der Waals surface area contributed by atoms with E-state index in [0.29, 0.717) is 43.2 Å². The average Bonchev–Trinajstić information content (AvgIpc) is 2.85. The van der Waals surface area contributed by atoms with Crippen molar-refractivity contribution in [2.24, 2.45) is 0 Å². The minimum absolute atomic E-state index is 0.109. The molecule has 0 fully saturated rings. The number of thioether (sulfide) groups is 1. The number of amides is 1. The van der Waals surface area contributed by atoms with E-state index >= 15 is 0 Å². The zero-order chi connectivity index (χ0) is 22.4. The minimum Gasteiger partial charge on any atom is -0.490 e. The van der Waals surface area contributed by atoms with Crippen molar-refractivity contribution in [1.82, 2.24) is 4.72 Å². The Kier molecular flexibility index (Phi) is 7.85.